The summed E-state index contributed by atoms with van der Waals surface area (Å²) >= 11 is 1.29. The van der Waals surface area contributed by atoms with Crippen molar-refractivity contribution in [1.29, 1.82) is 0 Å². The van der Waals surface area contributed by atoms with Gasteiger partial charge in [-0.1, -0.05) is 0 Å². The zero-order valence-electron chi connectivity index (χ0n) is 10.4. The van der Waals surface area contributed by atoms with Gasteiger partial charge in [0.1, 0.15) is 5.69 Å². The molecule has 0 unspecified atom stereocenters. The van der Waals surface area contributed by atoms with Crippen molar-refractivity contribution in [3.05, 3.63) is 11.9 Å². The van der Waals surface area contributed by atoms with E-state index in [1.807, 2.05) is 0 Å². The van der Waals surface area contributed by atoms with Crippen LogP contribution in [0, 0.1) is 0 Å². The van der Waals surface area contributed by atoms with Crippen molar-refractivity contribution in [2.45, 2.75) is 0 Å². The van der Waals surface area contributed by atoms with Gasteiger partial charge in [0.05, 0.1) is 31.6 Å². The van der Waals surface area contributed by atoms with E-state index in [4.69, 9.17) is 4.74 Å². The molecule has 18 heavy (non-hydrogen) atoms. The van der Waals surface area contributed by atoms with E-state index in [1.165, 1.54) is 17.3 Å². The van der Waals surface area contributed by atoms with Crippen LogP contribution in [0.2, 0.25) is 0 Å². The summed E-state index contributed by atoms with van der Waals surface area (Å²) in [6.07, 6.45) is 2.06. The molecule has 1 aromatic rings. The number of rotatable bonds is 2. The van der Waals surface area contributed by atoms with Crippen LogP contribution in [0.15, 0.2) is 6.20 Å². The van der Waals surface area contributed by atoms with Gasteiger partial charge in [-0.25, -0.2) is 0 Å². The van der Waals surface area contributed by atoms with Crippen LogP contribution in [0.5, 0.6) is 0 Å². The zero-order valence-corrected chi connectivity index (χ0v) is 11.2. The minimum atomic E-state index is 0.772. The molecular formula is C11H17N5OS. The highest BCUT2D eigenvalue weighted by molar-refractivity contribution is 6.99. The Kier molecular flexibility index (Phi) is 3.44. The van der Waals surface area contributed by atoms with Crippen molar-refractivity contribution >= 4 is 23.1 Å². The van der Waals surface area contributed by atoms with Gasteiger partial charge in [-0.2, -0.15) is 8.75 Å². The fourth-order valence-electron chi connectivity index (χ4n) is 2.23. The highest BCUT2D eigenvalue weighted by atomic mass is 32.1. The Balaban J connectivity index is 1.84. The molecule has 0 bridgehead atoms. The number of hydrogen-bond donors (Lipinski definition) is 1. The maximum Gasteiger partial charge on any atom is 0.170 e. The van der Waals surface area contributed by atoms with Gasteiger partial charge in [-0.3, -0.25) is 4.90 Å². The first-order chi connectivity index (χ1) is 8.84. The molecule has 1 aromatic heterocycles. The van der Waals surface area contributed by atoms with Crippen LogP contribution in [0.25, 0.3) is 5.57 Å². The number of nitrogens with zero attached hydrogens (tertiary/aromatic N) is 4. The first-order valence-corrected chi connectivity index (χ1v) is 6.84. The van der Waals surface area contributed by atoms with E-state index in [1.54, 1.807) is 0 Å². The number of anilines is 1. The van der Waals surface area contributed by atoms with Gasteiger partial charge in [-0.05, 0) is 7.05 Å². The molecule has 0 amide bonds. The second kappa shape index (κ2) is 5.21. The van der Waals surface area contributed by atoms with Gasteiger partial charge in [-0.15, -0.1) is 0 Å². The molecule has 1 fully saturated rings. The number of ether oxygens (including phenoxy) is 1. The number of likely N-dealkylation sites (N-methyl/N-ethyl adjacent to an activating group) is 1. The largest absolute Gasteiger partial charge is 0.378 e. The summed E-state index contributed by atoms with van der Waals surface area (Å²) in [6.45, 7) is 5.13. The smallest absolute Gasteiger partial charge is 0.170 e. The number of nitrogens with one attached hydrogen (secondary N) is 1. The molecule has 0 aromatic carbocycles. The Morgan fingerprint density at radius 1 is 1.33 bits per heavy atom. The van der Waals surface area contributed by atoms with Crippen molar-refractivity contribution in [3.63, 3.8) is 0 Å². The Morgan fingerprint density at radius 3 is 2.94 bits per heavy atom. The summed E-state index contributed by atoms with van der Waals surface area (Å²) in [6, 6.07) is 0. The molecule has 1 N–H and O–H groups in total. The van der Waals surface area contributed by atoms with E-state index in [0.717, 1.165) is 51.0 Å². The Morgan fingerprint density at radius 2 is 2.17 bits per heavy atom. The van der Waals surface area contributed by atoms with Crippen molar-refractivity contribution in [2.24, 2.45) is 0 Å². The van der Waals surface area contributed by atoms with E-state index in [2.05, 4.69) is 37.1 Å². The van der Waals surface area contributed by atoms with Gasteiger partial charge >= 0.3 is 0 Å². The molecule has 0 aliphatic carbocycles. The molecule has 3 heterocycles. The molecule has 1 saturated heterocycles. The summed E-state index contributed by atoms with van der Waals surface area (Å²) in [7, 11) is 2.09. The molecule has 6 nitrogen and oxygen atoms in total. The fraction of sp³-hybridized carbons (Fsp3) is 0.636. The SMILES string of the molecule is CN1CNC=C(c2nsnc2N2CCOCC2)C1. The summed E-state index contributed by atoms with van der Waals surface area (Å²) < 4.78 is 14.3. The van der Waals surface area contributed by atoms with Crippen molar-refractivity contribution in [1.82, 2.24) is 19.0 Å². The van der Waals surface area contributed by atoms with Gasteiger partial charge < -0.3 is 15.0 Å². The van der Waals surface area contributed by atoms with Gasteiger partial charge in [0.15, 0.2) is 5.82 Å². The number of hydrogen-bond acceptors (Lipinski definition) is 7. The molecule has 3 rings (SSSR count). The molecule has 98 valence electrons. The van der Waals surface area contributed by atoms with Gasteiger partial charge in [0.25, 0.3) is 0 Å². The summed E-state index contributed by atoms with van der Waals surface area (Å²) in [5.41, 5.74) is 2.22. The fourth-order valence-corrected chi connectivity index (χ4v) is 2.83. The second-order valence-corrected chi connectivity index (χ2v) is 5.11. The molecule has 0 atom stereocenters. The lowest BCUT2D eigenvalue weighted by molar-refractivity contribution is 0.122. The molecule has 0 spiro atoms. The molecule has 2 aliphatic rings. The quantitative estimate of drug-likeness (QED) is 0.826. The lowest BCUT2D eigenvalue weighted by Crippen LogP contribution is -2.38. The molecular weight excluding hydrogens is 250 g/mol. The van der Waals surface area contributed by atoms with Crippen molar-refractivity contribution < 1.29 is 4.74 Å². The van der Waals surface area contributed by atoms with E-state index < -0.39 is 0 Å². The predicted octanol–water partition coefficient (Wildman–Crippen LogP) is 0.208. The molecule has 2 aliphatic heterocycles. The van der Waals surface area contributed by atoms with Crippen LogP contribution in [-0.2, 0) is 4.74 Å². The van der Waals surface area contributed by atoms with Gasteiger partial charge in [0, 0.05) is 31.4 Å². The minimum absolute atomic E-state index is 0.772. The van der Waals surface area contributed by atoms with E-state index in [9.17, 15) is 0 Å². The Labute approximate surface area is 111 Å². The lowest BCUT2D eigenvalue weighted by atomic mass is 10.1. The van der Waals surface area contributed by atoms with Crippen LogP contribution < -0.4 is 10.2 Å². The van der Waals surface area contributed by atoms with Crippen LogP contribution in [0.4, 0.5) is 5.82 Å². The first kappa shape index (κ1) is 11.9. The number of aromatic nitrogens is 2. The summed E-state index contributed by atoms with van der Waals surface area (Å²) in [5, 5.41) is 3.26. The lowest BCUT2D eigenvalue weighted by Gasteiger charge is -2.29. The highest BCUT2D eigenvalue weighted by Gasteiger charge is 2.22. The maximum absolute atomic E-state index is 5.38. The first-order valence-electron chi connectivity index (χ1n) is 6.11. The third kappa shape index (κ3) is 2.33. The van der Waals surface area contributed by atoms with E-state index in [0.29, 0.717) is 0 Å². The zero-order chi connectivity index (χ0) is 12.4. The average molecular weight is 267 g/mol. The monoisotopic (exact) mass is 267 g/mol. The van der Waals surface area contributed by atoms with Crippen molar-refractivity contribution in [3.8, 4) is 0 Å². The maximum atomic E-state index is 5.38. The minimum Gasteiger partial charge on any atom is -0.378 e. The Hall–Kier alpha value is -1.18. The molecule has 0 radical (unpaired) electrons. The van der Waals surface area contributed by atoms with E-state index >= 15 is 0 Å². The third-order valence-corrected chi connectivity index (χ3v) is 3.68. The van der Waals surface area contributed by atoms with Crippen LogP contribution >= 0.6 is 11.7 Å². The second-order valence-electron chi connectivity index (χ2n) is 4.58. The number of morpholine rings is 1. The third-order valence-electron chi connectivity index (χ3n) is 3.16. The molecule has 0 saturated carbocycles. The van der Waals surface area contributed by atoms with Crippen LogP contribution in [-0.4, -0.2) is 60.2 Å². The predicted molar refractivity (Wildman–Crippen MR) is 71.6 cm³/mol. The summed E-state index contributed by atoms with van der Waals surface area (Å²) in [4.78, 5) is 4.48. The topological polar surface area (TPSA) is 53.5 Å². The standard InChI is InChI=1S/C11H17N5OS/c1-15-7-9(6-12-8-15)10-11(14-18-13-10)16-2-4-17-5-3-16/h6,12H,2-5,7-8H2,1H3. The summed E-state index contributed by atoms with van der Waals surface area (Å²) in [5.74, 6) is 1.01. The van der Waals surface area contributed by atoms with Crippen LogP contribution in [0.3, 0.4) is 0 Å². The molecule has 7 heteroatoms. The van der Waals surface area contributed by atoms with Gasteiger partial charge in [0.2, 0.25) is 0 Å². The van der Waals surface area contributed by atoms with E-state index in [-0.39, 0.29) is 0 Å². The normalized spacial score (nSPS) is 21.6. The average Bonchev–Trinajstić information content (AvgIpc) is 2.89. The van der Waals surface area contributed by atoms with Crippen LogP contribution in [0.1, 0.15) is 5.69 Å². The Bertz CT molecular complexity index is 440. The van der Waals surface area contributed by atoms with Crippen molar-refractivity contribution in [2.75, 3.05) is 51.5 Å². The highest BCUT2D eigenvalue weighted by Crippen LogP contribution is 2.26.